The molecule has 5 heteroatoms. The highest BCUT2D eigenvalue weighted by atomic mass is 32.1. The first-order chi connectivity index (χ1) is 9.65. The van der Waals surface area contributed by atoms with E-state index in [1.807, 2.05) is 55.5 Å². The molecule has 1 aromatic heterocycles. The van der Waals surface area contributed by atoms with Gasteiger partial charge in [-0.2, -0.15) is 0 Å². The van der Waals surface area contributed by atoms with Crippen molar-refractivity contribution in [3.8, 4) is 0 Å². The van der Waals surface area contributed by atoms with Crippen LogP contribution in [0.3, 0.4) is 0 Å². The van der Waals surface area contributed by atoms with Gasteiger partial charge in [0.2, 0.25) is 0 Å². The minimum absolute atomic E-state index is 0.118. The normalized spacial score (nSPS) is 16.9. The van der Waals surface area contributed by atoms with E-state index in [4.69, 9.17) is 12.2 Å². The quantitative estimate of drug-likeness (QED) is 0.682. The Kier molecular flexibility index (Phi) is 3.38. The molecule has 0 saturated carbocycles. The number of nitrogens with zero attached hydrogens (tertiary/aromatic N) is 1. The minimum atomic E-state index is -0.118. The molecule has 0 aliphatic carbocycles. The van der Waals surface area contributed by atoms with Crippen molar-refractivity contribution in [3.63, 3.8) is 0 Å². The molecule has 3 nitrogen and oxygen atoms in total. The van der Waals surface area contributed by atoms with Crippen LogP contribution in [0.2, 0.25) is 0 Å². The fraction of sp³-hybridized carbons (Fsp3) is 0.0667. The summed E-state index contributed by atoms with van der Waals surface area (Å²) in [5, 5.41) is 3.40. The molecule has 1 saturated heterocycles. The summed E-state index contributed by atoms with van der Waals surface area (Å²) in [6.07, 6.45) is 1.84. The number of hydrogen-bond donors (Lipinski definition) is 1. The predicted molar refractivity (Wildman–Crippen MR) is 86.7 cm³/mol. The molecule has 0 bridgehead atoms. The van der Waals surface area contributed by atoms with Crippen molar-refractivity contribution in [1.29, 1.82) is 0 Å². The summed E-state index contributed by atoms with van der Waals surface area (Å²) in [6.45, 7) is 2.04. The highest BCUT2D eigenvalue weighted by Crippen LogP contribution is 2.24. The molecular weight excluding hydrogens is 288 g/mol. The van der Waals surface area contributed by atoms with Crippen molar-refractivity contribution >= 4 is 46.3 Å². The van der Waals surface area contributed by atoms with Gasteiger partial charge in [0.15, 0.2) is 5.11 Å². The van der Waals surface area contributed by atoms with E-state index in [0.29, 0.717) is 10.8 Å². The van der Waals surface area contributed by atoms with Gasteiger partial charge in [-0.3, -0.25) is 9.69 Å². The van der Waals surface area contributed by atoms with Crippen LogP contribution in [-0.4, -0.2) is 11.0 Å². The second-order valence-electron chi connectivity index (χ2n) is 4.41. The van der Waals surface area contributed by atoms with E-state index < -0.39 is 0 Å². The molecule has 20 heavy (non-hydrogen) atoms. The number of carbonyl (C=O) groups is 1. The van der Waals surface area contributed by atoms with Crippen LogP contribution < -0.4 is 10.2 Å². The van der Waals surface area contributed by atoms with Gasteiger partial charge in [0.05, 0.1) is 5.69 Å². The van der Waals surface area contributed by atoms with Crippen LogP contribution in [0.25, 0.3) is 6.08 Å². The van der Waals surface area contributed by atoms with Crippen molar-refractivity contribution in [2.24, 2.45) is 0 Å². The molecule has 1 aliphatic rings. The van der Waals surface area contributed by atoms with Crippen molar-refractivity contribution in [2.45, 2.75) is 6.92 Å². The molecule has 2 heterocycles. The molecule has 0 spiro atoms. The lowest BCUT2D eigenvalue weighted by Crippen LogP contribution is -2.30. The fourth-order valence-electron chi connectivity index (χ4n) is 2.02. The maximum absolute atomic E-state index is 12.4. The van der Waals surface area contributed by atoms with E-state index in [1.54, 1.807) is 11.3 Å². The van der Waals surface area contributed by atoms with Crippen molar-refractivity contribution in [3.05, 3.63) is 57.9 Å². The van der Waals surface area contributed by atoms with Gasteiger partial charge < -0.3 is 5.32 Å². The number of nitrogens with one attached hydrogen (secondary N) is 1. The predicted octanol–water partition coefficient (Wildman–Crippen LogP) is 3.32. The van der Waals surface area contributed by atoms with Gasteiger partial charge in [-0.05, 0) is 49.5 Å². The Bertz CT molecular complexity index is 704. The Hall–Kier alpha value is -1.98. The van der Waals surface area contributed by atoms with E-state index in [0.717, 1.165) is 10.6 Å². The number of aryl methyl sites for hydroxylation is 1. The van der Waals surface area contributed by atoms with Gasteiger partial charge in [0, 0.05) is 9.75 Å². The van der Waals surface area contributed by atoms with Crippen LogP contribution in [0.1, 0.15) is 9.75 Å². The van der Waals surface area contributed by atoms with Crippen LogP contribution in [0.5, 0.6) is 0 Å². The van der Waals surface area contributed by atoms with Gasteiger partial charge in [0.25, 0.3) is 5.91 Å². The summed E-state index contributed by atoms with van der Waals surface area (Å²) in [5.41, 5.74) is 1.29. The van der Waals surface area contributed by atoms with Crippen LogP contribution in [0.15, 0.2) is 48.2 Å². The Balaban J connectivity index is 1.93. The zero-order valence-electron chi connectivity index (χ0n) is 10.8. The first-order valence-corrected chi connectivity index (χ1v) is 7.36. The second kappa shape index (κ2) is 5.19. The summed E-state index contributed by atoms with van der Waals surface area (Å²) in [5.74, 6) is -0.118. The van der Waals surface area contributed by atoms with Crippen molar-refractivity contribution < 1.29 is 4.79 Å². The third-order valence-corrected chi connectivity index (χ3v) is 4.17. The fourth-order valence-corrected chi connectivity index (χ4v) is 3.14. The van der Waals surface area contributed by atoms with Gasteiger partial charge in [-0.15, -0.1) is 11.3 Å². The zero-order chi connectivity index (χ0) is 14.1. The van der Waals surface area contributed by atoms with Crippen LogP contribution in [0, 0.1) is 6.92 Å². The third-order valence-electron chi connectivity index (χ3n) is 2.94. The average molecular weight is 300 g/mol. The summed E-state index contributed by atoms with van der Waals surface area (Å²) in [7, 11) is 0. The SMILES string of the molecule is Cc1ccc(/C=C2\NC(=S)N(c3ccccc3)C2=O)s1. The number of benzene rings is 1. The number of carbonyl (C=O) groups excluding carboxylic acids is 1. The lowest BCUT2D eigenvalue weighted by Gasteiger charge is -2.13. The lowest BCUT2D eigenvalue weighted by atomic mass is 10.3. The lowest BCUT2D eigenvalue weighted by molar-refractivity contribution is -0.113. The Labute approximate surface area is 126 Å². The van der Waals surface area contributed by atoms with Gasteiger partial charge in [0.1, 0.15) is 5.70 Å². The summed E-state index contributed by atoms with van der Waals surface area (Å²) >= 11 is 6.90. The van der Waals surface area contributed by atoms with E-state index >= 15 is 0 Å². The first kappa shape index (κ1) is 13.0. The molecule has 0 unspecified atom stereocenters. The topological polar surface area (TPSA) is 32.3 Å². The highest BCUT2D eigenvalue weighted by molar-refractivity contribution is 7.80. The maximum Gasteiger partial charge on any atom is 0.281 e. The van der Waals surface area contributed by atoms with E-state index in [-0.39, 0.29) is 5.91 Å². The van der Waals surface area contributed by atoms with Gasteiger partial charge in [-0.1, -0.05) is 18.2 Å². The number of hydrogen-bond acceptors (Lipinski definition) is 3. The minimum Gasteiger partial charge on any atom is -0.327 e. The maximum atomic E-state index is 12.4. The van der Waals surface area contributed by atoms with E-state index in [1.165, 1.54) is 9.78 Å². The molecule has 3 rings (SSSR count). The molecule has 2 aromatic rings. The summed E-state index contributed by atoms with van der Waals surface area (Å²) < 4.78 is 0. The monoisotopic (exact) mass is 300 g/mol. The van der Waals surface area contributed by atoms with Gasteiger partial charge >= 0.3 is 0 Å². The highest BCUT2D eigenvalue weighted by Gasteiger charge is 2.31. The Morgan fingerprint density at radius 2 is 1.95 bits per heavy atom. The number of thiocarbonyl (C=S) groups is 1. The molecule has 1 aliphatic heterocycles. The standard InChI is InChI=1S/C15H12N2OS2/c1-10-7-8-12(20-10)9-13-14(18)17(15(19)16-13)11-5-3-2-4-6-11/h2-9H,1H3,(H,16,19)/b13-9-. The van der Waals surface area contributed by atoms with Crippen LogP contribution in [0.4, 0.5) is 5.69 Å². The molecule has 100 valence electrons. The molecule has 0 radical (unpaired) electrons. The number of para-hydroxylation sites is 1. The van der Waals surface area contributed by atoms with Crippen LogP contribution in [-0.2, 0) is 4.79 Å². The molecule has 1 N–H and O–H groups in total. The second-order valence-corrected chi connectivity index (χ2v) is 6.12. The molecule has 1 fully saturated rings. The summed E-state index contributed by atoms with van der Waals surface area (Å²) in [6, 6.07) is 13.4. The van der Waals surface area contributed by atoms with Crippen molar-refractivity contribution in [2.75, 3.05) is 4.90 Å². The van der Waals surface area contributed by atoms with E-state index in [9.17, 15) is 4.79 Å². The van der Waals surface area contributed by atoms with Crippen molar-refractivity contribution in [1.82, 2.24) is 5.32 Å². The first-order valence-electron chi connectivity index (χ1n) is 6.14. The van der Waals surface area contributed by atoms with Crippen LogP contribution >= 0.6 is 23.6 Å². The largest absolute Gasteiger partial charge is 0.327 e. The number of amides is 1. The van der Waals surface area contributed by atoms with E-state index in [2.05, 4.69) is 5.32 Å². The number of anilines is 1. The average Bonchev–Trinajstić information content (AvgIpc) is 2.96. The molecule has 0 atom stereocenters. The Morgan fingerprint density at radius 1 is 1.20 bits per heavy atom. The third kappa shape index (κ3) is 2.37. The number of thiophene rings is 1. The Morgan fingerprint density at radius 3 is 2.60 bits per heavy atom. The summed E-state index contributed by atoms with van der Waals surface area (Å²) in [4.78, 5) is 16.2. The molecular formula is C15H12N2OS2. The molecule has 1 aromatic carbocycles. The van der Waals surface area contributed by atoms with Gasteiger partial charge in [-0.25, -0.2) is 0 Å². The smallest absolute Gasteiger partial charge is 0.281 e. The zero-order valence-corrected chi connectivity index (χ0v) is 12.4. The molecule has 1 amide bonds. The number of rotatable bonds is 2.